The molecule has 1 aliphatic heterocycles. The molecule has 1 fully saturated rings. The van der Waals surface area contributed by atoms with Gasteiger partial charge in [0.15, 0.2) is 0 Å². The highest BCUT2D eigenvalue weighted by atomic mass is 16.2. The molecule has 0 N–H and O–H groups in total. The lowest BCUT2D eigenvalue weighted by Crippen LogP contribution is -2.26. The maximum Gasteiger partial charge on any atom is 0.230 e. The number of benzene rings is 1. The second-order valence-electron chi connectivity index (χ2n) is 5.10. The van der Waals surface area contributed by atoms with E-state index in [4.69, 9.17) is 0 Å². The third-order valence-electron chi connectivity index (χ3n) is 3.88. The number of carbonyl (C=O) groups is 1. The molecule has 1 saturated heterocycles. The molecule has 1 amide bonds. The standard InChI is InChI=1S/C15H16N2O/c1-10-9-17(15(18)11(10)2)13-5-6-14-12(8-13)4-3-7-16-14/h3-8,10-11H,9H2,1-2H3. The number of anilines is 1. The van der Waals surface area contributed by atoms with E-state index in [9.17, 15) is 4.79 Å². The van der Waals surface area contributed by atoms with Gasteiger partial charge >= 0.3 is 0 Å². The summed E-state index contributed by atoms with van der Waals surface area (Å²) in [5.41, 5.74) is 1.95. The van der Waals surface area contributed by atoms with E-state index >= 15 is 0 Å². The van der Waals surface area contributed by atoms with Gasteiger partial charge in [-0.15, -0.1) is 0 Å². The predicted molar refractivity (Wildman–Crippen MR) is 72.4 cm³/mol. The Labute approximate surface area is 106 Å². The van der Waals surface area contributed by atoms with Crippen LogP contribution in [0, 0.1) is 11.8 Å². The Bertz CT molecular complexity index is 608. The Morgan fingerprint density at radius 2 is 2.11 bits per heavy atom. The van der Waals surface area contributed by atoms with Crippen LogP contribution in [0.1, 0.15) is 13.8 Å². The summed E-state index contributed by atoms with van der Waals surface area (Å²) in [6.45, 7) is 4.95. The number of aromatic nitrogens is 1. The summed E-state index contributed by atoms with van der Waals surface area (Å²) in [6.07, 6.45) is 1.78. The van der Waals surface area contributed by atoms with Crippen LogP contribution in [-0.2, 0) is 4.79 Å². The molecular formula is C15H16N2O. The van der Waals surface area contributed by atoms with E-state index in [1.165, 1.54) is 0 Å². The van der Waals surface area contributed by atoms with E-state index in [2.05, 4.69) is 11.9 Å². The van der Waals surface area contributed by atoms with Gasteiger partial charge in [-0.1, -0.05) is 19.9 Å². The normalized spacial score (nSPS) is 23.9. The van der Waals surface area contributed by atoms with E-state index in [1.807, 2.05) is 42.2 Å². The molecule has 3 nitrogen and oxygen atoms in total. The van der Waals surface area contributed by atoms with E-state index in [1.54, 1.807) is 6.20 Å². The summed E-state index contributed by atoms with van der Waals surface area (Å²) in [4.78, 5) is 18.3. The zero-order valence-electron chi connectivity index (χ0n) is 10.6. The zero-order valence-corrected chi connectivity index (χ0v) is 10.6. The first-order chi connectivity index (χ1) is 8.66. The highest BCUT2D eigenvalue weighted by Crippen LogP contribution is 2.30. The van der Waals surface area contributed by atoms with Crippen LogP contribution in [0.4, 0.5) is 5.69 Å². The van der Waals surface area contributed by atoms with Gasteiger partial charge in [-0.05, 0) is 30.2 Å². The Morgan fingerprint density at radius 1 is 1.28 bits per heavy atom. The predicted octanol–water partition coefficient (Wildman–Crippen LogP) is 2.85. The third-order valence-corrected chi connectivity index (χ3v) is 3.88. The van der Waals surface area contributed by atoms with Crippen molar-refractivity contribution in [2.24, 2.45) is 11.8 Å². The Balaban J connectivity index is 2.02. The van der Waals surface area contributed by atoms with Crippen molar-refractivity contribution in [1.29, 1.82) is 0 Å². The molecule has 0 aliphatic carbocycles. The second kappa shape index (κ2) is 4.09. The molecule has 2 heterocycles. The number of pyridine rings is 1. The number of rotatable bonds is 1. The number of hydrogen-bond acceptors (Lipinski definition) is 2. The van der Waals surface area contributed by atoms with Crippen molar-refractivity contribution in [3.8, 4) is 0 Å². The number of carbonyl (C=O) groups excluding carboxylic acids is 1. The van der Waals surface area contributed by atoms with Crippen molar-refractivity contribution in [1.82, 2.24) is 4.98 Å². The summed E-state index contributed by atoms with van der Waals surface area (Å²) in [6, 6.07) is 9.96. The summed E-state index contributed by atoms with van der Waals surface area (Å²) in [5.74, 6) is 0.766. The van der Waals surface area contributed by atoms with Gasteiger partial charge in [0.05, 0.1) is 5.52 Å². The lowest BCUT2D eigenvalue weighted by atomic mass is 10.0. The SMILES string of the molecule is CC1CN(c2ccc3ncccc3c2)C(=O)C1C. The molecule has 0 spiro atoms. The molecule has 0 bridgehead atoms. The van der Waals surface area contributed by atoms with Gasteiger partial charge in [0.25, 0.3) is 0 Å². The minimum Gasteiger partial charge on any atom is -0.312 e. The van der Waals surface area contributed by atoms with Gasteiger partial charge in [-0.3, -0.25) is 9.78 Å². The average Bonchev–Trinajstić information content (AvgIpc) is 2.66. The van der Waals surface area contributed by atoms with Crippen LogP contribution < -0.4 is 4.90 Å². The smallest absolute Gasteiger partial charge is 0.230 e. The largest absolute Gasteiger partial charge is 0.312 e. The molecule has 18 heavy (non-hydrogen) atoms. The maximum absolute atomic E-state index is 12.2. The molecule has 3 rings (SSSR count). The maximum atomic E-state index is 12.2. The quantitative estimate of drug-likeness (QED) is 0.768. The van der Waals surface area contributed by atoms with E-state index < -0.39 is 0 Å². The van der Waals surface area contributed by atoms with E-state index in [0.717, 1.165) is 23.1 Å². The van der Waals surface area contributed by atoms with Gasteiger partial charge < -0.3 is 4.90 Å². The fourth-order valence-electron chi connectivity index (χ4n) is 2.49. The van der Waals surface area contributed by atoms with Crippen LogP contribution in [-0.4, -0.2) is 17.4 Å². The Kier molecular flexibility index (Phi) is 2.54. The van der Waals surface area contributed by atoms with Crippen LogP contribution in [0.25, 0.3) is 10.9 Å². The summed E-state index contributed by atoms with van der Waals surface area (Å²) < 4.78 is 0. The van der Waals surface area contributed by atoms with Gasteiger partial charge in [0.1, 0.15) is 0 Å². The number of amides is 1. The topological polar surface area (TPSA) is 33.2 Å². The Morgan fingerprint density at radius 3 is 2.83 bits per heavy atom. The van der Waals surface area contributed by atoms with Gasteiger partial charge in [0.2, 0.25) is 5.91 Å². The minimum absolute atomic E-state index is 0.120. The van der Waals surface area contributed by atoms with Crippen molar-refractivity contribution in [2.45, 2.75) is 13.8 Å². The molecule has 2 atom stereocenters. The first kappa shape index (κ1) is 11.2. The molecule has 2 unspecified atom stereocenters. The second-order valence-corrected chi connectivity index (χ2v) is 5.10. The highest BCUT2D eigenvalue weighted by Gasteiger charge is 2.35. The first-order valence-corrected chi connectivity index (χ1v) is 6.33. The van der Waals surface area contributed by atoms with Crippen molar-refractivity contribution in [3.63, 3.8) is 0 Å². The molecule has 2 aromatic rings. The minimum atomic E-state index is 0.120. The average molecular weight is 240 g/mol. The molecule has 92 valence electrons. The van der Waals surface area contributed by atoms with Gasteiger partial charge in [-0.2, -0.15) is 0 Å². The van der Waals surface area contributed by atoms with Crippen molar-refractivity contribution in [2.75, 3.05) is 11.4 Å². The summed E-state index contributed by atoms with van der Waals surface area (Å²) in [7, 11) is 0. The fourth-order valence-corrected chi connectivity index (χ4v) is 2.49. The summed E-state index contributed by atoms with van der Waals surface area (Å²) >= 11 is 0. The van der Waals surface area contributed by atoms with Crippen molar-refractivity contribution >= 4 is 22.5 Å². The number of nitrogens with zero attached hydrogens (tertiary/aromatic N) is 2. The molecule has 1 aromatic carbocycles. The highest BCUT2D eigenvalue weighted by molar-refractivity contribution is 5.99. The monoisotopic (exact) mass is 240 g/mol. The molecule has 1 aromatic heterocycles. The third kappa shape index (κ3) is 1.67. The lowest BCUT2D eigenvalue weighted by Gasteiger charge is -2.16. The zero-order chi connectivity index (χ0) is 12.7. The number of fused-ring (bicyclic) bond motifs is 1. The molecule has 0 saturated carbocycles. The van der Waals surface area contributed by atoms with Crippen LogP contribution in [0.2, 0.25) is 0 Å². The van der Waals surface area contributed by atoms with Crippen LogP contribution in [0.15, 0.2) is 36.5 Å². The molecule has 1 aliphatic rings. The Hall–Kier alpha value is -1.90. The van der Waals surface area contributed by atoms with E-state index in [-0.39, 0.29) is 11.8 Å². The van der Waals surface area contributed by atoms with Crippen LogP contribution in [0.3, 0.4) is 0 Å². The van der Waals surface area contributed by atoms with Crippen LogP contribution in [0.5, 0.6) is 0 Å². The molecule has 0 radical (unpaired) electrons. The summed E-state index contributed by atoms with van der Waals surface area (Å²) in [5, 5.41) is 1.08. The van der Waals surface area contributed by atoms with Gasteiger partial charge in [0, 0.05) is 29.7 Å². The fraction of sp³-hybridized carbons (Fsp3) is 0.333. The van der Waals surface area contributed by atoms with Gasteiger partial charge in [-0.25, -0.2) is 0 Å². The van der Waals surface area contributed by atoms with Crippen molar-refractivity contribution < 1.29 is 4.79 Å². The van der Waals surface area contributed by atoms with Crippen LogP contribution >= 0.6 is 0 Å². The van der Waals surface area contributed by atoms with E-state index in [0.29, 0.717) is 5.92 Å². The molecular weight excluding hydrogens is 224 g/mol. The molecule has 3 heteroatoms. The first-order valence-electron chi connectivity index (χ1n) is 6.33. The number of hydrogen-bond donors (Lipinski definition) is 0. The van der Waals surface area contributed by atoms with Crippen molar-refractivity contribution in [3.05, 3.63) is 36.5 Å². The lowest BCUT2D eigenvalue weighted by molar-refractivity contribution is -0.120.